The molecule has 1 aromatic rings. The number of phenolic OH excluding ortho intramolecular Hbond substituents is 1. The van der Waals surface area contributed by atoms with Gasteiger partial charge in [0.05, 0.1) is 10.0 Å². The third-order valence-corrected chi connectivity index (χ3v) is 2.92. The van der Waals surface area contributed by atoms with E-state index in [9.17, 15) is 18.3 Å². The maximum absolute atomic E-state index is 12.6. The van der Waals surface area contributed by atoms with E-state index >= 15 is 0 Å². The monoisotopic (exact) mass is 297 g/mol. The molecule has 16 heavy (non-hydrogen) atoms. The third-order valence-electron chi connectivity index (χ3n) is 2.31. The van der Waals surface area contributed by atoms with Gasteiger partial charge in [0, 0.05) is 0 Å². The van der Waals surface area contributed by atoms with Crippen molar-refractivity contribution in [1.82, 2.24) is 0 Å². The van der Waals surface area contributed by atoms with E-state index in [0.29, 0.717) is 5.56 Å². The van der Waals surface area contributed by atoms with Gasteiger partial charge in [0.15, 0.2) is 0 Å². The lowest BCUT2D eigenvalue weighted by atomic mass is 9.98. The lowest BCUT2D eigenvalue weighted by molar-refractivity contribution is -0.138. The molecule has 0 spiro atoms. The number of alkyl halides is 3. The van der Waals surface area contributed by atoms with E-state index < -0.39 is 17.5 Å². The summed E-state index contributed by atoms with van der Waals surface area (Å²) in [6.07, 6.45) is -4.57. The van der Waals surface area contributed by atoms with Crippen molar-refractivity contribution < 1.29 is 18.3 Å². The van der Waals surface area contributed by atoms with E-state index in [0.717, 1.165) is 6.07 Å². The average Bonchev–Trinajstić information content (AvgIpc) is 2.18. The van der Waals surface area contributed by atoms with Crippen LogP contribution < -0.4 is 5.73 Å². The summed E-state index contributed by atoms with van der Waals surface area (Å²) in [6, 6.07) is 2.37. The van der Waals surface area contributed by atoms with Gasteiger partial charge >= 0.3 is 6.18 Å². The van der Waals surface area contributed by atoms with Crippen molar-refractivity contribution >= 4 is 15.9 Å². The predicted molar refractivity (Wildman–Crippen MR) is 58.3 cm³/mol. The summed E-state index contributed by atoms with van der Waals surface area (Å²) in [6.45, 7) is 1.97. The van der Waals surface area contributed by atoms with E-state index in [1.165, 1.54) is 6.07 Å². The van der Waals surface area contributed by atoms with Crippen molar-refractivity contribution in [3.05, 3.63) is 27.7 Å². The van der Waals surface area contributed by atoms with Gasteiger partial charge in [-0.2, -0.15) is 13.2 Å². The Kier molecular flexibility index (Phi) is 3.85. The molecule has 0 amide bonds. The first kappa shape index (κ1) is 13.3. The van der Waals surface area contributed by atoms with Crippen LogP contribution in [0.25, 0.3) is 0 Å². The van der Waals surface area contributed by atoms with Crippen molar-refractivity contribution in [1.29, 1.82) is 0 Å². The molecule has 1 aromatic carbocycles. The largest absolute Gasteiger partial charge is 0.506 e. The van der Waals surface area contributed by atoms with Gasteiger partial charge in [-0.25, -0.2) is 0 Å². The molecule has 1 atom stereocenters. The van der Waals surface area contributed by atoms with Crippen LogP contribution in [-0.2, 0) is 6.18 Å². The van der Waals surface area contributed by atoms with Crippen molar-refractivity contribution in [2.24, 2.45) is 5.73 Å². The van der Waals surface area contributed by atoms with E-state index in [1.807, 2.05) is 0 Å². The summed E-state index contributed by atoms with van der Waals surface area (Å²) in [5.74, 6) is -0.988. The number of benzene rings is 1. The average molecular weight is 298 g/mol. The first-order chi connectivity index (χ1) is 7.27. The molecule has 0 aliphatic carbocycles. The molecule has 0 fully saturated rings. The quantitative estimate of drug-likeness (QED) is 0.880. The zero-order valence-corrected chi connectivity index (χ0v) is 10.1. The molecule has 2 nitrogen and oxygen atoms in total. The van der Waals surface area contributed by atoms with Gasteiger partial charge < -0.3 is 10.8 Å². The lowest BCUT2D eigenvalue weighted by Crippen LogP contribution is -2.12. The minimum absolute atomic E-state index is 0.0256. The number of nitrogens with two attached hydrogens (primary N) is 1. The Morgan fingerprint density at radius 1 is 1.44 bits per heavy atom. The fourth-order valence-corrected chi connectivity index (χ4v) is 1.73. The Morgan fingerprint density at radius 3 is 2.44 bits per heavy atom. The molecule has 0 aliphatic heterocycles. The second-order valence-corrected chi connectivity index (χ2v) is 4.39. The topological polar surface area (TPSA) is 46.2 Å². The van der Waals surface area contributed by atoms with Gasteiger partial charge in [-0.15, -0.1) is 0 Å². The number of rotatable bonds is 2. The fourth-order valence-electron chi connectivity index (χ4n) is 1.26. The number of aromatic hydroxyl groups is 1. The molecule has 0 saturated carbocycles. The van der Waals surface area contributed by atoms with Crippen LogP contribution in [0.2, 0.25) is 0 Å². The molecular weight excluding hydrogens is 287 g/mol. The van der Waals surface area contributed by atoms with Crippen LogP contribution in [0.3, 0.4) is 0 Å². The van der Waals surface area contributed by atoms with Crippen molar-refractivity contribution in [2.45, 2.75) is 19.0 Å². The molecule has 1 rings (SSSR count). The summed E-state index contributed by atoms with van der Waals surface area (Å²) in [5, 5.41) is 9.31. The second kappa shape index (κ2) is 4.63. The van der Waals surface area contributed by atoms with Crippen LogP contribution in [0.4, 0.5) is 13.2 Å². The second-order valence-electron chi connectivity index (χ2n) is 3.53. The normalized spacial score (nSPS) is 13.9. The highest BCUT2D eigenvalue weighted by Gasteiger charge is 2.35. The first-order valence-electron chi connectivity index (χ1n) is 4.57. The van der Waals surface area contributed by atoms with E-state index in [1.54, 1.807) is 6.92 Å². The van der Waals surface area contributed by atoms with Crippen LogP contribution in [0.1, 0.15) is 24.0 Å². The molecule has 0 aliphatic rings. The Morgan fingerprint density at radius 2 is 2.00 bits per heavy atom. The van der Waals surface area contributed by atoms with Gasteiger partial charge in [0.2, 0.25) is 0 Å². The van der Waals surface area contributed by atoms with Gasteiger partial charge in [0.1, 0.15) is 5.75 Å². The number of hydrogen-bond donors (Lipinski definition) is 2. The maximum atomic E-state index is 12.6. The number of halogens is 4. The Labute approximate surface area is 99.4 Å². The molecule has 90 valence electrons. The summed E-state index contributed by atoms with van der Waals surface area (Å²) >= 11 is 2.90. The van der Waals surface area contributed by atoms with Crippen LogP contribution in [0, 0.1) is 0 Å². The molecule has 0 saturated heterocycles. The van der Waals surface area contributed by atoms with Crippen LogP contribution in [0.5, 0.6) is 5.75 Å². The van der Waals surface area contributed by atoms with E-state index in [-0.39, 0.29) is 16.9 Å². The highest BCUT2D eigenvalue weighted by Crippen LogP contribution is 2.41. The molecule has 0 radical (unpaired) electrons. The van der Waals surface area contributed by atoms with Crippen LogP contribution in [-0.4, -0.2) is 11.7 Å². The molecule has 1 unspecified atom stereocenters. The van der Waals surface area contributed by atoms with Crippen LogP contribution in [0.15, 0.2) is 16.6 Å². The van der Waals surface area contributed by atoms with Crippen molar-refractivity contribution in [3.8, 4) is 5.75 Å². The highest BCUT2D eigenvalue weighted by molar-refractivity contribution is 9.10. The third kappa shape index (κ3) is 2.68. The van der Waals surface area contributed by atoms with Crippen molar-refractivity contribution in [2.75, 3.05) is 6.54 Å². The number of hydrogen-bond acceptors (Lipinski definition) is 2. The number of phenols is 1. The zero-order valence-electron chi connectivity index (χ0n) is 8.48. The van der Waals surface area contributed by atoms with Crippen molar-refractivity contribution in [3.63, 3.8) is 0 Å². The van der Waals surface area contributed by atoms with E-state index in [4.69, 9.17) is 5.73 Å². The Bertz CT molecular complexity index is 392. The summed E-state index contributed by atoms with van der Waals surface area (Å²) in [4.78, 5) is 0. The Balaban J connectivity index is 3.33. The predicted octanol–water partition coefficient (Wildman–Crippen LogP) is 3.24. The smallest absolute Gasteiger partial charge is 0.420 e. The lowest BCUT2D eigenvalue weighted by Gasteiger charge is -2.15. The van der Waals surface area contributed by atoms with Gasteiger partial charge in [-0.3, -0.25) is 0 Å². The van der Waals surface area contributed by atoms with E-state index in [2.05, 4.69) is 15.9 Å². The van der Waals surface area contributed by atoms with Gasteiger partial charge in [0.25, 0.3) is 0 Å². The minimum Gasteiger partial charge on any atom is -0.506 e. The van der Waals surface area contributed by atoms with Crippen LogP contribution >= 0.6 is 15.9 Å². The maximum Gasteiger partial charge on any atom is 0.420 e. The molecule has 0 bridgehead atoms. The molecule has 0 heterocycles. The standard InChI is InChI=1S/C10H11BrF3NO/c1-5(4-15)6-2-7(10(12,13)14)9(16)8(11)3-6/h2-3,5,16H,4,15H2,1H3. The SMILES string of the molecule is CC(CN)c1cc(Br)c(O)c(C(F)(F)F)c1. The molecular formula is C10H11BrF3NO. The molecule has 3 N–H and O–H groups in total. The first-order valence-corrected chi connectivity index (χ1v) is 5.36. The van der Waals surface area contributed by atoms with Gasteiger partial charge in [-0.1, -0.05) is 6.92 Å². The summed E-state index contributed by atoms with van der Waals surface area (Å²) < 4.78 is 37.7. The summed E-state index contributed by atoms with van der Waals surface area (Å²) in [5.41, 5.74) is 4.79. The molecule has 0 aromatic heterocycles. The Hall–Kier alpha value is -0.750. The van der Waals surface area contributed by atoms with Gasteiger partial charge in [-0.05, 0) is 46.1 Å². The highest BCUT2D eigenvalue weighted by atomic mass is 79.9. The molecule has 6 heteroatoms. The summed E-state index contributed by atoms with van der Waals surface area (Å²) in [7, 11) is 0. The minimum atomic E-state index is -4.57. The fraction of sp³-hybridized carbons (Fsp3) is 0.400. The zero-order chi connectivity index (χ0) is 12.5.